The first-order chi connectivity index (χ1) is 8.22. The zero-order valence-electron chi connectivity index (χ0n) is 10.0. The van der Waals surface area contributed by atoms with Crippen LogP contribution >= 0.6 is 11.6 Å². The molecule has 1 heterocycles. The van der Waals surface area contributed by atoms with Gasteiger partial charge in [-0.1, -0.05) is 23.7 Å². The third-order valence-corrected chi connectivity index (χ3v) is 3.77. The molecule has 1 aromatic rings. The van der Waals surface area contributed by atoms with Crippen molar-refractivity contribution in [3.8, 4) is 0 Å². The largest absolute Gasteiger partial charge is 0.318 e. The van der Waals surface area contributed by atoms with Crippen LogP contribution < -0.4 is 5.32 Å². The number of benzene rings is 1. The van der Waals surface area contributed by atoms with Crippen LogP contribution in [0.2, 0.25) is 5.02 Å². The molecular formula is C13H18ClFN2. The Labute approximate surface area is 107 Å². The molecule has 0 spiro atoms. The van der Waals surface area contributed by atoms with Gasteiger partial charge >= 0.3 is 0 Å². The minimum absolute atomic E-state index is 0.266. The van der Waals surface area contributed by atoms with Crippen LogP contribution in [0.25, 0.3) is 0 Å². The van der Waals surface area contributed by atoms with Gasteiger partial charge in [-0.25, -0.2) is 4.39 Å². The highest BCUT2D eigenvalue weighted by Crippen LogP contribution is 2.25. The standard InChI is InChI=1S/C13H18ClFN2/c1-16-8-11-5-3-7-17(11)9-10-4-2-6-12(15)13(10)14/h2,4,6,11,16H,3,5,7-9H2,1H3. The third kappa shape index (κ3) is 2.97. The van der Waals surface area contributed by atoms with E-state index in [1.54, 1.807) is 6.07 Å². The maximum absolute atomic E-state index is 13.3. The molecule has 1 unspecified atom stereocenters. The minimum Gasteiger partial charge on any atom is -0.318 e. The summed E-state index contributed by atoms with van der Waals surface area (Å²) in [7, 11) is 1.96. The molecule has 0 amide bonds. The summed E-state index contributed by atoms with van der Waals surface area (Å²) >= 11 is 5.98. The highest BCUT2D eigenvalue weighted by atomic mass is 35.5. The minimum atomic E-state index is -0.325. The van der Waals surface area contributed by atoms with Gasteiger partial charge in [-0.2, -0.15) is 0 Å². The fraction of sp³-hybridized carbons (Fsp3) is 0.538. The molecule has 1 aliphatic heterocycles. The van der Waals surface area contributed by atoms with E-state index in [9.17, 15) is 4.39 Å². The van der Waals surface area contributed by atoms with Crippen molar-refractivity contribution in [3.05, 3.63) is 34.6 Å². The van der Waals surface area contributed by atoms with Gasteiger partial charge in [0.25, 0.3) is 0 Å². The Bertz CT molecular complexity index is 384. The lowest BCUT2D eigenvalue weighted by Gasteiger charge is -2.24. The summed E-state index contributed by atoms with van der Waals surface area (Å²) in [4.78, 5) is 2.37. The summed E-state index contributed by atoms with van der Waals surface area (Å²) in [5.74, 6) is -0.325. The van der Waals surface area contributed by atoms with Crippen molar-refractivity contribution in [1.82, 2.24) is 10.2 Å². The van der Waals surface area contributed by atoms with Crippen molar-refractivity contribution in [2.45, 2.75) is 25.4 Å². The SMILES string of the molecule is CNCC1CCCN1Cc1cccc(F)c1Cl. The Morgan fingerprint density at radius 1 is 1.53 bits per heavy atom. The Kier molecular flexibility index (Phi) is 4.37. The predicted molar refractivity (Wildman–Crippen MR) is 68.8 cm³/mol. The van der Waals surface area contributed by atoms with Crippen LogP contribution in [0, 0.1) is 5.82 Å². The molecule has 2 nitrogen and oxygen atoms in total. The highest BCUT2D eigenvalue weighted by molar-refractivity contribution is 6.31. The smallest absolute Gasteiger partial charge is 0.142 e. The average Bonchev–Trinajstić information content (AvgIpc) is 2.73. The van der Waals surface area contributed by atoms with Gasteiger partial charge in [0.15, 0.2) is 0 Å². The fourth-order valence-corrected chi connectivity index (χ4v) is 2.65. The van der Waals surface area contributed by atoms with Crippen LogP contribution in [0.3, 0.4) is 0 Å². The summed E-state index contributed by atoms with van der Waals surface area (Å²) in [5.41, 5.74) is 0.884. The average molecular weight is 257 g/mol. The van der Waals surface area contributed by atoms with Crippen molar-refractivity contribution in [2.75, 3.05) is 20.1 Å². The van der Waals surface area contributed by atoms with Gasteiger partial charge in [0.2, 0.25) is 0 Å². The number of nitrogens with one attached hydrogen (secondary N) is 1. The van der Waals surface area contributed by atoms with E-state index in [1.807, 2.05) is 13.1 Å². The summed E-state index contributed by atoms with van der Waals surface area (Å²) in [5, 5.41) is 3.47. The predicted octanol–water partition coefficient (Wildman–Crippen LogP) is 2.66. The second-order valence-corrected chi connectivity index (χ2v) is 4.92. The molecule has 1 aromatic carbocycles. The van der Waals surface area contributed by atoms with E-state index in [2.05, 4.69) is 10.2 Å². The lowest BCUT2D eigenvalue weighted by molar-refractivity contribution is 0.242. The van der Waals surface area contributed by atoms with Crippen LogP contribution in [0.15, 0.2) is 18.2 Å². The van der Waals surface area contributed by atoms with Crippen molar-refractivity contribution in [3.63, 3.8) is 0 Å². The molecule has 0 aromatic heterocycles. The molecule has 4 heteroatoms. The summed E-state index contributed by atoms with van der Waals surface area (Å²) in [6.45, 7) is 2.79. The first-order valence-electron chi connectivity index (χ1n) is 6.04. The molecule has 1 N–H and O–H groups in total. The number of rotatable bonds is 4. The van der Waals surface area contributed by atoms with E-state index >= 15 is 0 Å². The monoisotopic (exact) mass is 256 g/mol. The van der Waals surface area contributed by atoms with Crippen molar-refractivity contribution >= 4 is 11.6 Å². The van der Waals surface area contributed by atoms with Crippen LogP contribution in [0.1, 0.15) is 18.4 Å². The molecule has 1 aliphatic rings. The molecule has 2 rings (SSSR count). The Morgan fingerprint density at radius 2 is 2.35 bits per heavy atom. The number of likely N-dealkylation sites (N-methyl/N-ethyl adjacent to an activating group) is 1. The van der Waals surface area contributed by atoms with E-state index < -0.39 is 0 Å². The van der Waals surface area contributed by atoms with Gasteiger partial charge in [0.1, 0.15) is 5.82 Å². The highest BCUT2D eigenvalue weighted by Gasteiger charge is 2.24. The van der Waals surface area contributed by atoms with E-state index in [4.69, 9.17) is 11.6 Å². The second-order valence-electron chi connectivity index (χ2n) is 4.54. The number of hydrogen-bond acceptors (Lipinski definition) is 2. The number of nitrogens with zero attached hydrogens (tertiary/aromatic N) is 1. The van der Waals surface area contributed by atoms with Crippen LogP contribution in [0.4, 0.5) is 4.39 Å². The topological polar surface area (TPSA) is 15.3 Å². The van der Waals surface area contributed by atoms with E-state index in [1.165, 1.54) is 18.9 Å². The lowest BCUT2D eigenvalue weighted by Crippen LogP contribution is -2.36. The Morgan fingerprint density at radius 3 is 3.12 bits per heavy atom. The maximum atomic E-state index is 13.3. The number of hydrogen-bond donors (Lipinski definition) is 1. The molecule has 0 aliphatic carbocycles. The van der Waals surface area contributed by atoms with Crippen LogP contribution in [-0.4, -0.2) is 31.1 Å². The fourth-order valence-electron chi connectivity index (χ4n) is 2.46. The molecule has 0 bridgehead atoms. The van der Waals surface area contributed by atoms with Gasteiger partial charge in [-0.3, -0.25) is 4.90 Å². The zero-order valence-corrected chi connectivity index (χ0v) is 10.8. The van der Waals surface area contributed by atoms with Gasteiger partial charge in [0, 0.05) is 19.1 Å². The summed E-state index contributed by atoms with van der Waals surface area (Å²) in [6.07, 6.45) is 2.41. The second kappa shape index (κ2) is 5.80. The first kappa shape index (κ1) is 12.8. The van der Waals surface area contributed by atoms with E-state index in [0.29, 0.717) is 6.04 Å². The van der Waals surface area contributed by atoms with Gasteiger partial charge in [-0.15, -0.1) is 0 Å². The molecule has 0 radical (unpaired) electrons. The summed E-state index contributed by atoms with van der Waals surface area (Å²) < 4.78 is 13.3. The van der Waals surface area contributed by atoms with Gasteiger partial charge < -0.3 is 5.32 Å². The van der Waals surface area contributed by atoms with Gasteiger partial charge in [0.05, 0.1) is 5.02 Å². The summed E-state index contributed by atoms with van der Waals surface area (Å²) in [6, 6.07) is 5.57. The molecule has 94 valence electrons. The van der Waals surface area contributed by atoms with Crippen molar-refractivity contribution < 1.29 is 4.39 Å². The Hall–Kier alpha value is -0.640. The normalized spacial score (nSPS) is 21.0. The Balaban J connectivity index is 2.07. The van der Waals surface area contributed by atoms with E-state index in [0.717, 1.165) is 25.2 Å². The van der Waals surface area contributed by atoms with Crippen LogP contribution in [0.5, 0.6) is 0 Å². The number of halogens is 2. The first-order valence-corrected chi connectivity index (χ1v) is 6.41. The molecular weight excluding hydrogens is 239 g/mol. The number of likely N-dealkylation sites (tertiary alicyclic amines) is 1. The molecule has 1 fully saturated rings. The molecule has 1 atom stereocenters. The van der Waals surface area contributed by atoms with Gasteiger partial charge in [-0.05, 0) is 38.1 Å². The maximum Gasteiger partial charge on any atom is 0.142 e. The molecule has 0 saturated carbocycles. The zero-order chi connectivity index (χ0) is 12.3. The van der Waals surface area contributed by atoms with Crippen molar-refractivity contribution in [2.24, 2.45) is 0 Å². The van der Waals surface area contributed by atoms with Crippen molar-refractivity contribution in [1.29, 1.82) is 0 Å². The van der Waals surface area contributed by atoms with Crippen LogP contribution in [-0.2, 0) is 6.54 Å². The quantitative estimate of drug-likeness (QED) is 0.891. The lowest BCUT2D eigenvalue weighted by atomic mass is 10.1. The molecule has 1 saturated heterocycles. The van der Waals surface area contributed by atoms with E-state index in [-0.39, 0.29) is 10.8 Å². The molecule has 17 heavy (non-hydrogen) atoms. The third-order valence-electron chi connectivity index (χ3n) is 3.34.